The van der Waals surface area contributed by atoms with E-state index in [2.05, 4.69) is 11.2 Å². The van der Waals surface area contributed by atoms with Crippen LogP contribution in [0, 0.1) is 12.3 Å². The van der Waals surface area contributed by atoms with Crippen LogP contribution in [0.25, 0.3) is 0 Å². The SMILES string of the molecule is C#CCOc1ccc(CNC[C@H](C)O)cc1. The first-order valence-electron chi connectivity index (χ1n) is 5.26. The first kappa shape index (κ1) is 12.6. The molecule has 0 aliphatic rings. The van der Waals surface area contributed by atoms with E-state index in [1.54, 1.807) is 6.92 Å². The minimum Gasteiger partial charge on any atom is -0.481 e. The van der Waals surface area contributed by atoms with Gasteiger partial charge in [-0.3, -0.25) is 0 Å². The van der Waals surface area contributed by atoms with Crippen LogP contribution in [0.2, 0.25) is 0 Å². The highest BCUT2D eigenvalue weighted by atomic mass is 16.5. The maximum Gasteiger partial charge on any atom is 0.148 e. The van der Waals surface area contributed by atoms with Gasteiger partial charge in [0.15, 0.2) is 0 Å². The summed E-state index contributed by atoms with van der Waals surface area (Å²) >= 11 is 0. The zero-order chi connectivity index (χ0) is 11.8. The third kappa shape index (κ3) is 4.83. The van der Waals surface area contributed by atoms with Gasteiger partial charge >= 0.3 is 0 Å². The summed E-state index contributed by atoms with van der Waals surface area (Å²) < 4.78 is 5.26. The first-order chi connectivity index (χ1) is 7.72. The molecule has 0 amide bonds. The van der Waals surface area contributed by atoms with Crippen molar-refractivity contribution in [1.29, 1.82) is 0 Å². The molecule has 0 fully saturated rings. The molecule has 0 saturated heterocycles. The van der Waals surface area contributed by atoms with Crippen molar-refractivity contribution in [3.8, 4) is 18.1 Å². The van der Waals surface area contributed by atoms with Crippen molar-refractivity contribution in [2.75, 3.05) is 13.2 Å². The van der Waals surface area contributed by atoms with Crippen LogP contribution in [-0.2, 0) is 6.54 Å². The maximum absolute atomic E-state index is 9.07. The van der Waals surface area contributed by atoms with Gasteiger partial charge in [-0.05, 0) is 24.6 Å². The Bertz CT molecular complexity index is 338. The molecule has 1 aromatic carbocycles. The summed E-state index contributed by atoms with van der Waals surface area (Å²) in [6.07, 6.45) is 4.77. The third-order valence-corrected chi connectivity index (χ3v) is 2.01. The fourth-order valence-electron chi connectivity index (χ4n) is 1.25. The molecular formula is C13H17NO2. The molecule has 0 aliphatic heterocycles. The van der Waals surface area contributed by atoms with Gasteiger partial charge in [0.25, 0.3) is 0 Å². The molecule has 16 heavy (non-hydrogen) atoms. The van der Waals surface area contributed by atoms with Gasteiger partial charge in [-0.15, -0.1) is 6.42 Å². The molecule has 2 N–H and O–H groups in total. The van der Waals surface area contributed by atoms with Crippen molar-refractivity contribution in [3.63, 3.8) is 0 Å². The Kier molecular flexibility index (Phi) is 5.41. The quantitative estimate of drug-likeness (QED) is 0.706. The lowest BCUT2D eigenvalue weighted by Crippen LogP contribution is -2.23. The summed E-state index contributed by atoms with van der Waals surface area (Å²) in [4.78, 5) is 0. The number of ether oxygens (including phenoxy) is 1. The molecule has 86 valence electrons. The van der Waals surface area contributed by atoms with Gasteiger partial charge in [0.1, 0.15) is 12.4 Å². The van der Waals surface area contributed by atoms with Crippen LogP contribution < -0.4 is 10.1 Å². The first-order valence-corrected chi connectivity index (χ1v) is 5.26. The van der Waals surface area contributed by atoms with Crippen molar-refractivity contribution in [3.05, 3.63) is 29.8 Å². The van der Waals surface area contributed by atoms with Crippen LogP contribution in [0.4, 0.5) is 0 Å². The van der Waals surface area contributed by atoms with E-state index in [4.69, 9.17) is 16.3 Å². The fourth-order valence-corrected chi connectivity index (χ4v) is 1.25. The van der Waals surface area contributed by atoms with Gasteiger partial charge in [-0.25, -0.2) is 0 Å². The van der Waals surface area contributed by atoms with Crippen LogP contribution in [0.15, 0.2) is 24.3 Å². The van der Waals surface area contributed by atoms with Gasteiger partial charge in [0, 0.05) is 13.1 Å². The monoisotopic (exact) mass is 219 g/mol. The molecule has 3 nitrogen and oxygen atoms in total. The van der Waals surface area contributed by atoms with Crippen molar-refractivity contribution in [2.24, 2.45) is 0 Å². The van der Waals surface area contributed by atoms with Crippen LogP contribution in [0.3, 0.4) is 0 Å². The second kappa shape index (κ2) is 6.89. The number of hydrogen-bond donors (Lipinski definition) is 2. The maximum atomic E-state index is 9.07. The predicted molar refractivity (Wildman–Crippen MR) is 64.2 cm³/mol. The molecule has 0 bridgehead atoms. The van der Waals surface area contributed by atoms with Crippen LogP contribution >= 0.6 is 0 Å². The number of hydrogen-bond acceptors (Lipinski definition) is 3. The topological polar surface area (TPSA) is 41.5 Å². The number of aliphatic hydroxyl groups excluding tert-OH is 1. The van der Waals surface area contributed by atoms with Crippen molar-refractivity contribution in [2.45, 2.75) is 19.6 Å². The zero-order valence-corrected chi connectivity index (χ0v) is 9.44. The summed E-state index contributed by atoms with van der Waals surface area (Å²) in [7, 11) is 0. The molecule has 1 rings (SSSR count). The number of benzene rings is 1. The Morgan fingerprint density at radius 2 is 2.12 bits per heavy atom. The molecule has 0 radical (unpaired) electrons. The highest BCUT2D eigenvalue weighted by molar-refractivity contribution is 5.27. The number of nitrogens with one attached hydrogen (secondary N) is 1. The summed E-state index contributed by atoms with van der Waals surface area (Å²) in [6, 6.07) is 7.72. The standard InChI is InChI=1S/C13H17NO2/c1-3-8-16-13-6-4-12(5-7-13)10-14-9-11(2)15/h1,4-7,11,14-15H,8-10H2,2H3/t11-/m0/s1. The minimum atomic E-state index is -0.321. The predicted octanol–water partition coefficient (Wildman–Crippen LogP) is 1.17. The zero-order valence-electron chi connectivity index (χ0n) is 9.44. The molecule has 3 heteroatoms. The van der Waals surface area contributed by atoms with E-state index < -0.39 is 0 Å². The Hall–Kier alpha value is -1.50. The number of aliphatic hydroxyl groups is 1. The van der Waals surface area contributed by atoms with Gasteiger partial charge in [-0.2, -0.15) is 0 Å². The van der Waals surface area contributed by atoms with E-state index in [1.165, 1.54) is 0 Å². The molecule has 0 spiro atoms. The van der Waals surface area contributed by atoms with Crippen LogP contribution in [-0.4, -0.2) is 24.4 Å². The highest BCUT2D eigenvalue weighted by Gasteiger charge is 1.97. The normalized spacial score (nSPS) is 11.8. The van der Waals surface area contributed by atoms with E-state index in [9.17, 15) is 0 Å². The second-order valence-electron chi connectivity index (χ2n) is 3.62. The highest BCUT2D eigenvalue weighted by Crippen LogP contribution is 2.11. The third-order valence-electron chi connectivity index (χ3n) is 2.01. The van der Waals surface area contributed by atoms with E-state index in [0.29, 0.717) is 13.2 Å². The molecule has 0 heterocycles. The van der Waals surface area contributed by atoms with Gasteiger partial charge in [0.05, 0.1) is 6.10 Å². The summed E-state index contributed by atoms with van der Waals surface area (Å²) in [6.45, 7) is 3.37. The Morgan fingerprint density at radius 1 is 1.44 bits per heavy atom. The second-order valence-corrected chi connectivity index (χ2v) is 3.62. The smallest absolute Gasteiger partial charge is 0.148 e. The Morgan fingerprint density at radius 3 is 2.69 bits per heavy atom. The fraction of sp³-hybridized carbons (Fsp3) is 0.385. The molecule has 0 saturated carbocycles. The van der Waals surface area contributed by atoms with E-state index in [0.717, 1.165) is 17.9 Å². The Balaban J connectivity index is 2.36. The largest absolute Gasteiger partial charge is 0.481 e. The summed E-state index contributed by atoms with van der Waals surface area (Å²) in [5.74, 6) is 3.19. The van der Waals surface area contributed by atoms with Crippen molar-refractivity contribution < 1.29 is 9.84 Å². The minimum absolute atomic E-state index is 0.291. The molecule has 0 unspecified atom stereocenters. The molecule has 1 aromatic rings. The van der Waals surface area contributed by atoms with E-state index in [-0.39, 0.29) is 6.10 Å². The molecular weight excluding hydrogens is 202 g/mol. The van der Waals surface area contributed by atoms with Crippen molar-refractivity contribution >= 4 is 0 Å². The van der Waals surface area contributed by atoms with E-state index >= 15 is 0 Å². The Labute approximate surface area is 96.4 Å². The lowest BCUT2D eigenvalue weighted by atomic mass is 10.2. The van der Waals surface area contributed by atoms with Crippen molar-refractivity contribution in [1.82, 2.24) is 5.32 Å². The number of rotatable bonds is 6. The lowest BCUT2D eigenvalue weighted by molar-refractivity contribution is 0.191. The summed E-state index contributed by atoms with van der Waals surface area (Å²) in [5.41, 5.74) is 1.15. The van der Waals surface area contributed by atoms with Gasteiger partial charge in [0.2, 0.25) is 0 Å². The molecule has 0 aliphatic carbocycles. The average molecular weight is 219 g/mol. The molecule has 0 aromatic heterocycles. The van der Waals surface area contributed by atoms with Gasteiger partial charge < -0.3 is 15.2 Å². The van der Waals surface area contributed by atoms with Crippen LogP contribution in [0.5, 0.6) is 5.75 Å². The average Bonchev–Trinajstić information content (AvgIpc) is 2.27. The lowest BCUT2D eigenvalue weighted by Gasteiger charge is -2.07. The number of terminal acetylenes is 1. The molecule has 1 atom stereocenters. The van der Waals surface area contributed by atoms with Gasteiger partial charge in [-0.1, -0.05) is 18.1 Å². The van der Waals surface area contributed by atoms with Crippen LogP contribution in [0.1, 0.15) is 12.5 Å². The van der Waals surface area contributed by atoms with E-state index in [1.807, 2.05) is 24.3 Å². The summed E-state index contributed by atoms with van der Waals surface area (Å²) in [5, 5.41) is 12.2.